The van der Waals surface area contributed by atoms with Crippen LogP contribution in [0.25, 0.3) is 0 Å². The lowest BCUT2D eigenvalue weighted by Gasteiger charge is -2.40. The van der Waals surface area contributed by atoms with Gasteiger partial charge in [0.15, 0.2) is 0 Å². The second-order valence-electron chi connectivity index (χ2n) is 4.83. The smallest absolute Gasteiger partial charge is 0.307 e. The zero-order chi connectivity index (χ0) is 10.8. The van der Waals surface area contributed by atoms with Crippen molar-refractivity contribution in [3.8, 4) is 0 Å². The zero-order valence-electron chi connectivity index (χ0n) is 9.25. The Morgan fingerprint density at radius 2 is 1.86 bits per heavy atom. The number of rotatable bonds is 3. The Hall–Kier alpha value is -0.570. The molecule has 0 spiro atoms. The van der Waals surface area contributed by atoms with E-state index in [-0.39, 0.29) is 17.3 Å². The lowest BCUT2D eigenvalue weighted by Crippen LogP contribution is -2.41. The summed E-state index contributed by atoms with van der Waals surface area (Å²) in [5.41, 5.74) is -0.0851. The predicted molar refractivity (Wildman–Crippen MR) is 54.1 cm³/mol. The van der Waals surface area contributed by atoms with E-state index in [2.05, 4.69) is 6.92 Å². The molecule has 3 heteroatoms. The van der Waals surface area contributed by atoms with Crippen LogP contribution in [-0.4, -0.2) is 24.3 Å². The molecule has 1 rings (SSSR count). The second-order valence-corrected chi connectivity index (χ2v) is 4.83. The van der Waals surface area contributed by atoms with E-state index < -0.39 is 5.97 Å². The Labute approximate surface area is 85.5 Å². The number of carbonyl (C=O) groups is 1. The molecule has 1 fully saturated rings. The minimum absolute atomic E-state index is 0.0851. The molecule has 1 heterocycles. The number of aliphatic carboxylic acids is 1. The largest absolute Gasteiger partial charge is 0.481 e. The van der Waals surface area contributed by atoms with Crippen LogP contribution in [0.1, 0.15) is 33.6 Å². The molecule has 0 amide bonds. The van der Waals surface area contributed by atoms with Crippen molar-refractivity contribution in [1.82, 2.24) is 0 Å². The third-order valence-corrected chi connectivity index (χ3v) is 3.32. The van der Waals surface area contributed by atoms with Crippen LogP contribution in [0, 0.1) is 17.3 Å². The van der Waals surface area contributed by atoms with Crippen molar-refractivity contribution in [2.24, 2.45) is 17.3 Å². The Balaban J connectivity index is 2.79. The molecule has 0 radical (unpaired) electrons. The summed E-state index contributed by atoms with van der Waals surface area (Å²) in [7, 11) is 0. The summed E-state index contributed by atoms with van der Waals surface area (Å²) in [5.74, 6) is -0.716. The Kier molecular flexibility index (Phi) is 3.53. The molecule has 1 atom stereocenters. The number of hydrogen-bond donors (Lipinski definition) is 1. The predicted octanol–water partition coefficient (Wildman–Crippen LogP) is 2.16. The highest BCUT2D eigenvalue weighted by molar-refractivity contribution is 5.71. The summed E-state index contributed by atoms with van der Waals surface area (Å²) in [6.07, 6.45) is 1.73. The van der Waals surface area contributed by atoms with Gasteiger partial charge in [0.1, 0.15) is 0 Å². The molecule has 3 nitrogen and oxygen atoms in total. The SMILES string of the molecule is CC(C)C(C(=O)O)C1(C)CCOCC1. The maximum absolute atomic E-state index is 11.2. The Morgan fingerprint density at radius 3 is 2.21 bits per heavy atom. The van der Waals surface area contributed by atoms with Crippen LogP contribution in [0.5, 0.6) is 0 Å². The number of hydrogen-bond acceptors (Lipinski definition) is 2. The molecule has 1 saturated heterocycles. The number of carboxylic acid groups (broad SMARTS) is 1. The van der Waals surface area contributed by atoms with Gasteiger partial charge >= 0.3 is 5.97 Å². The Bertz CT molecular complexity index is 205. The third kappa shape index (κ3) is 2.27. The van der Waals surface area contributed by atoms with E-state index in [0.29, 0.717) is 13.2 Å². The molecule has 1 aliphatic rings. The second kappa shape index (κ2) is 4.30. The van der Waals surface area contributed by atoms with E-state index >= 15 is 0 Å². The van der Waals surface area contributed by atoms with Crippen LogP contribution in [-0.2, 0) is 9.53 Å². The van der Waals surface area contributed by atoms with Gasteiger partial charge in [0.05, 0.1) is 5.92 Å². The van der Waals surface area contributed by atoms with Gasteiger partial charge in [-0.25, -0.2) is 0 Å². The summed E-state index contributed by atoms with van der Waals surface area (Å²) < 4.78 is 5.28. The van der Waals surface area contributed by atoms with E-state index in [1.807, 2.05) is 13.8 Å². The summed E-state index contributed by atoms with van der Waals surface area (Å²) in [6.45, 7) is 7.45. The Morgan fingerprint density at radius 1 is 1.36 bits per heavy atom. The van der Waals surface area contributed by atoms with Crippen molar-refractivity contribution in [1.29, 1.82) is 0 Å². The lowest BCUT2D eigenvalue weighted by atomic mass is 9.67. The first kappa shape index (κ1) is 11.5. The summed E-state index contributed by atoms with van der Waals surface area (Å²) in [4.78, 5) is 11.2. The monoisotopic (exact) mass is 200 g/mol. The maximum atomic E-state index is 11.2. The van der Waals surface area contributed by atoms with Crippen LogP contribution < -0.4 is 0 Å². The molecule has 0 aliphatic carbocycles. The molecule has 0 aromatic heterocycles. The van der Waals surface area contributed by atoms with Crippen molar-refractivity contribution >= 4 is 5.97 Å². The van der Waals surface area contributed by atoms with E-state index in [4.69, 9.17) is 4.74 Å². The summed E-state index contributed by atoms with van der Waals surface area (Å²) >= 11 is 0. The molecular formula is C11H20O3. The first-order valence-electron chi connectivity index (χ1n) is 5.28. The van der Waals surface area contributed by atoms with Gasteiger partial charge in [-0.2, -0.15) is 0 Å². The number of ether oxygens (including phenoxy) is 1. The lowest BCUT2D eigenvalue weighted by molar-refractivity contribution is -0.152. The number of carboxylic acids is 1. The average Bonchev–Trinajstić information content (AvgIpc) is 2.02. The van der Waals surface area contributed by atoms with Gasteiger partial charge in [-0.15, -0.1) is 0 Å². The molecule has 14 heavy (non-hydrogen) atoms. The van der Waals surface area contributed by atoms with Crippen LogP contribution in [0.4, 0.5) is 0 Å². The molecule has 0 aromatic carbocycles. The molecule has 1 aliphatic heterocycles. The van der Waals surface area contributed by atoms with Gasteiger partial charge in [0.25, 0.3) is 0 Å². The van der Waals surface area contributed by atoms with Crippen molar-refractivity contribution in [3.05, 3.63) is 0 Å². The van der Waals surface area contributed by atoms with Gasteiger partial charge in [-0.3, -0.25) is 4.79 Å². The van der Waals surface area contributed by atoms with Gasteiger partial charge in [0, 0.05) is 13.2 Å². The normalized spacial score (nSPS) is 23.4. The molecule has 0 bridgehead atoms. The fourth-order valence-electron chi connectivity index (χ4n) is 2.54. The van der Waals surface area contributed by atoms with Gasteiger partial charge < -0.3 is 9.84 Å². The van der Waals surface area contributed by atoms with Gasteiger partial charge in [-0.05, 0) is 24.2 Å². The average molecular weight is 200 g/mol. The van der Waals surface area contributed by atoms with Crippen LogP contribution in [0.3, 0.4) is 0 Å². The van der Waals surface area contributed by atoms with Crippen molar-refractivity contribution < 1.29 is 14.6 Å². The van der Waals surface area contributed by atoms with Crippen molar-refractivity contribution in [3.63, 3.8) is 0 Å². The molecular weight excluding hydrogens is 180 g/mol. The van der Waals surface area contributed by atoms with Crippen molar-refractivity contribution in [2.75, 3.05) is 13.2 Å². The molecule has 0 aromatic rings. The highest BCUT2D eigenvalue weighted by Gasteiger charge is 2.41. The third-order valence-electron chi connectivity index (χ3n) is 3.32. The highest BCUT2D eigenvalue weighted by atomic mass is 16.5. The molecule has 0 saturated carbocycles. The van der Waals surface area contributed by atoms with E-state index in [9.17, 15) is 9.90 Å². The zero-order valence-corrected chi connectivity index (χ0v) is 9.25. The highest BCUT2D eigenvalue weighted by Crippen LogP contribution is 2.41. The fraction of sp³-hybridized carbons (Fsp3) is 0.909. The first-order chi connectivity index (χ1) is 6.47. The molecule has 1 N–H and O–H groups in total. The minimum atomic E-state index is -0.663. The van der Waals surface area contributed by atoms with Crippen LogP contribution in [0.2, 0.25) is 0 Å². The van der Waals surface area contributed by atoms with E-state index in [0.717, 1.165) is 12.8 Å². The van der Waals surface area contributed by atoms with Gasteiger partial charge in [-0.1, -0.05) is 20.8 Å². The molecule has 1 unspecified atom stereocenters. The van der Waals surface area contributed by atoms with E-state index in [1.54, 1.807) is 0 Å². The quantitative estimate of drug-likeness (QED) is 0.759. The first-order valence-corrected chi connectivity index (χ1v) is 5.28. The minimum Gasteiger partial charge on any atom is -0.481 e. The van der Waals surface area contributed by atoms with Crippen LogP contribution in [0.15, 0.2) is 0 Å². The standard InChI is InChI=1S/C11H20O3/c1-8(2)9(10(12)13)11(3)4-6-14-7-5-11/h8-9H,4-7H2,1-3H3,(H,12,13). The maximum Gasteiger partial charge on any atom is 0.307 e. The summed E-state index contributed by atoms with van der Waals surface area (Å²) in [5, 5.41) is 9.22. The topological polar surface area (TPSA) is 46.5 Å². The van der Waals surface area contributed by atoms with E-state index in [1.165, 1.54) is 0 Å². The molecule has 82 valence electrons. The fourth-order valence-corrected chi connectivity index (χ4v) is 2.54. The van der Waals surface area contributed by atoms with Gasteiger partial charge in [0.2, 0.25) is 0 Å². The summed E-state index contributed by atoms with van der Waals surface area (Å²) in [6, 6.07) is 0. The van der Waals surface area contributed by atoms with Crippen LogP contribution >= 0.6 is 0 Å². The van der Waals surface area contributed by atoms with Crippen molar-refractivity contribution in [2.45, 2.75) is 33.6 Å².